The maximum Gasteiger partial charge on any atom is 0.222 e. The first kappa shape index (κ1) is 14.6. The van der Waals surface area contributed by atoms with Crippen LogP contribution in [0.4, 0.5) is 0 Å². The lowest BCUT2D eigenvalue weighted by molar-refractivity contribution is -0.127. The van der Waals surface area contributed by atoms with E-state index >= 15 is 0 Å². The average Bonchev–Trinajstić information content (AvgIpc) is 3.08. The van der Waals surface area contributed by atoms with Gasteiger partial charge in [0.2, 0.25) is 5.91 Å². The number of rotatable bonds is 5. The second-order valence-corrected chi connectivity index (χ2v) is 6.36. The molecule has 0 bridgehead atoms. The molecule has 116 valence electrons. The number of hydrogen-bond acceptors (Lipinski definition) is 3. The van der Waals surface area contributed by atoms with Crippen molar-refractivity contribution in [3.8, 4) is 0 Å². The van der Waals surface area contributed by atoms with Gasteiger partial charge in [0.1, 0.15) is 0 Å². The van der Waals surface area contributed by atoms with Crippen molar-refractivity contribution in [3.63, 3.8) is 0 Å². The summed E-state index contributed by atoms with van der Waals surface area (Å²) in [6.45, 7) is 5.34. The number of carbonyl (C=O) groups is 1. The van der Waals surface area contributed by atoms with Crippen molar-refractivity contribution in [1.82, 2.24) is 19.6 Å². The molecule has 2 fully saturated rings. The lowest BCUT2D eigenvalue weighted by Crippen LogP contribution is -2.37. The van der Waals surface area contributed by atoms with Crippen molar-refractivity contribution in [2.24, 2.45) is 7.05 Å². The van der Waals surface area contributed by atoms with Crippen LogP contribution in [-0.4, -0.2) is 58.2 Å². The second kappa shape index (κ2) is 6.60. The third-order valence-corrected chi connectivity index (χ3v) is 4.86. The number of amides is 1. The number of hydrogen-bond donors (Lipinski definition) is 0. The van der Waals surface area contributed by atoms with Crippen molar-refractivity contribution in [3.05, 3.63) is 18.0 Å². The van der Waals surface area contributed by atoms with E-state index < -0.39 is 0 Å². The van der Waals surface area contributed by atoms with E-state index in [2.05, 4.69) is 16.1 Å². The maximum atomic E-state index is 11.6. The van der Waals surface area contributed by atoms with Gasteiger partial charge in [0.15, 0.2) is 0 Å². The van der Waals surface area contributed by atoms with E-state index in [0.717, 1.165) is 45.4 Å². The molecule has 0 unspecified atom stereocenters. The Morgan fingerprint density at radius 1 is 1.29 bits per heavy atom. The number of aryl methyl sites for hydroxylation is 1. The fraction of sp³-hybridized carbons (Fsp3) is 0.750. The highest BCUT2D eigenvalue weighted by Crippen LogP contribution is 2.26. The number of aromatic nitrogens is 2. The lowest BCUT2D eigenvalue weighted by Gasteiger charge is -2.33. The first-order valence-electron chi connectivity index (χ1n) is 8.22. The highest BCUT2D eigenvalue weighted by atomic mass is 16.2. The summed E-state index contributed by atoms with van der Waals surface area (Å²) in [5.74, 6) is 0.959. The molecule has 3 rings (SSSR count). The molecule has 0 aliphatic carbocycles. The van der Waals surface area contributed by atoms with E-state index in [1.807, 2.05) is 22.8 Å². The largest absolute Gasteiger partial charge is 0.343 e. The van der Waals surface area contributed by atoms with Gasteiger partial charge in [0, 0.05) is 50.9 Å². The van der Waals surface area contributed by atoms with Crippen LogP contribution in [0, 0.1) is 0 Å². The molecule has 3 heterocycles. The number of likely N-dealkylation sites (tertiary alicyclic amines) is 2. The van der Waals surface area contributed by atoms with Gasteiger partial charge < -0.3 is 9.80 Å². The van der Waals surface area contributed by atoms with E-state index in [0.29, 0.717) is 11.8 Å². The van der Waals surface area contributed by atoms with Crippen molar-refractivity contribution >= 4 is 5.91 Å². The summed E-state index contributed by atoms with van der Waals surface area (Å²) in [7, 11) is 2.03. The molecule has 1 aromatic heterocycles. The summed E-state index contributed by atoms with van der Waals surface area (Å²) in [5, 5.41) is 4.29. The van der Waals surface area contributed by atoms with Crippen LogP contribution in [0.25, 0.3) is 0 Å². The monoisotopic (exact) mass is 290 g/mol. The van der Waals surface area contributed by atoms with Crippen LogP contribution in [0.3, 0.4) is 0 Å². The zero-order chi connectivity index (χ0) is 14.7. The minimum atomic E-state index is 0.349. The Kier molecular flexibility index (Phi) is 4.58. The first-order chi connectivity index (χ1) is 10.2. The van der Waals surface area contributed by atoms with E-state index in [4.69, 9.17) is 0 Å². The molecular formula is C16H26N4O. The maximum absolute atomic E-state index is 11.6. The number of piperidine rings is 1. The molecule has 2 saturated heterocycles. The Morgan fingerprint density at radius 2 is 2.19 bits per heavy atom. The molecule has 2 aliphatic heterocycles. The van der Waals surface area contributed by atoms with Crippen LogP contribution in [-0.2, 0) is 11.8 Å². The second-order valence-electron chi connectivity index (χ2n) is 6.36. The van der Waals surface area contributed by atoms with Gasteiger partial charge in [-0.3, -0.25) is 9.48 Å². The molecule has 1 aromatic rings. The molecule has 0 radical (unpaired) electrons. The third kappa shape index (κ3) is 3.46. The molecule has 0 aromatic carbocycles. The zero-order valence-electron chi connectivity index (χ0n) is 13.0. The highest BCUT2D eigenvalue weighted by Gasteiger charge is 2.24. The fourth-order valence-electron chi connectivity index (χ4n) is 3.71. The van der Waals surface area contributed by atoms with Gasteiger partial charge in [-0.25, -0.2) is 0 Å². The van der Waals surface area contributed by atoms with Gasteiger partial charge in [-0.1, -0.05) is 0 Å². The molecule has 2 aliphatic rings. The lowest BCUT2D eigenvalue weighted by atomic mass is 9.94. The van der Waals surface area contributed by atoms with Crippen molar-refractivity contribution in [2.75, 3.05) is 32.7 Å². The van der Waals surface area contributed by atoms with Crippen molar-refractivity contribution in [2.45, 2.75) is 38.0 Å². The normalized spacial score (nSPS) is 24.0. The Morgan fingerprint density at radius 3 is 2.90 bits per heavy atom. The third-order valence-electron chi connectivity index (χ3n) is 4.86. The average molecular weight is 290 g/mol. The smallest absolute Gasteiger partial charge is 0.222 e. The molecule has 0 saturated carbocycles. The highest BCUT2D eigenvalue weighted by molar-refractivity contribution is 5.77. The zero-order valence-corrected chi connectivity index (χ0v) is 13.0. The van der Waals surface area contributed by atoms with Gasteiger partial charge in [-0.2, -0.15) is 5.10 Å². The number of carbonyl (C=O) groups excluding carboxylic acids is 1. The van der Waals surface area contributed by atoms with Crippen LogP contribution in [0.1, 0.15) is 43.7 Å². The minimum absolute atomic E-state index is 0.349. The quantitative estimate of drug-likeness (QED) is 0.827. The van der Waals surface area contributed by atoms with E-state index in [1.165, 1.54) is 25.1 Å². The molecular weight excluding hydrogens is 264 g/mol. The van der Waals surface area contributed by atoms with Crippen LogP contribution in [0.15, 0.2) is 12.3 Å². The van der Waals surface area contributed by atoms with Gasteiger partial charge in [-0.15, -0.1) is 0 Å². The van der Waals surface area contributed by atoms with Gasteiger partial charge in [0.05, 0.1) is 0 Å². The van der Waals surface area contributed by atoms with Crippen molar-refractivity contribution in [1.29, 1.82) is 0 Å². The summed E-state index contributed by atoms with van der Waals surface area (Å²) >= 11 is 0. The topological polar surface area (TPSA) is 41.4 Å². The molecule has 21 heavy (non-hydrogen) atoms. The van der Waals surface area contributed by atoms with Crippen LogP contribution < -0.4 is 0 Å². The van der Waals surface area contributed by atoms with E-state index in [1.54, 1.807) is 0 Å². The first-order valence-corrected chi connectivity index (χ1v) is 8.22. The summed E-state index contributed by atoms with van der Waals surface area (Å²) in [5.41, 5.74) is 1.36. The standard InChI is InChI=1S/C16H26N4O/c1-18-15(7-8-17-18)14-5-2-9-19(13-14)10-4-12-20-11-3-6-16(20)21/h7-8,14H,2-6,9-13H2,1H3/t14-/m0/s1. The molecule has 5 heteroatoms. The van der Waals surface area contributed by atoms with Gasteiger partial charge >= 0.3 is 0 Å². The predicted octanol–water partition coefficient (Wildman–Crippen LogP) is 1.61. The molecule has 1 amide bonds. The Balaban J connectivity index is 1.46. The molecule has 0 spiro atoms. The summed E-state index contributed by atoms with van der Waals surface area (Å²) < 4.78 is 2.01. The molecule has 0 N–H and O–H groups in total. The predicted molar refractivity (Wildman–Crippen MR) is 82.1 cm³/mol. The Bertz CT molecular complexity index is 484. The molecule has 5 nitrogen and oxygen atoms in total. The van der Waals surface area contributed by atoms with E-state index in [-0.39, 0.29) is 0 Å². The Labute approximate surface area is 126 Å². The Hall–Kier alpha value is -1.36. The fourth-order valence-corrected chi connectivity index (χ4v) is 3.71. The van der Waals surface area contributed by atoms with Gasteiger partial charge in [-0.05, 0) is 44.8 Å². The number of nitrogens with zero attached hydrogens (tertiary/aromatic N) is 4. The van der Waals surface area contributed by atoms with Crippen molar-refractivity contribution < 1.29 is 4.79 Å². The minimum Gasteiger partial charge on any atom is -0.343 e. The summed E-state index contributed by atoms with van der Waals surface area (Å²) in [4.78, 5) is 16.2. The summed E-state index contributed by atoms with van der Waals surface area (Å²) in [6, 6.07) is 2.15. The van der Waals surface area contributed by atoms with E-state index in [9.17, 15) is 4.79 Å². The van der Waals surface area contributed by atoms with Gasteiger partial charge in [0.25, 0.3) is 0 Å². The SMILES string of the molecule is Cn1nccc1[C@H]1CCCN(CCCN2CCCC2=O)C1. The van der Waals surface area contributed by atoms with Crippen LogP contribution >= 0.6 is 0 Å². The van der Waals surface area contributed by atoms with Crippen LogP contribution in [0.2, 0.25) is 0 Å². The van der Waals surface area contributed by atoms with Crippen LogP contribution in [0.5, 0.6) is 0 Å². The molecule has 1 atom stereocenters. The summed E-state index contributed by atoms with van der Waals surface area (Å²) in [6.07, 6.45) is 7.33.